The predicted octanol–water partition coefficient (Wildman–Crippen LogP) is 4.07. The predicted molar refractivity (Wildman–Crippen MR) is 134 cm³/mol. The third-order valence-corrected chi connectivity index (χ3v) is 5.61. The van der Waals surface area contributed by atoms with Crippen molar-refractivity contribution in [3.8, 4) is 0 Å². The first-order valence-electron chi connectivity index (χ1n) is 11.7. The molecule has 0 radical (unpaired) electrons. The second-order valence-electron chi connectivity index (χ2n) is 8.09. The Bertz CT molecular complexity index is 729. The molecule has 1 fully saturated rings. The summed E-state index contributed by atoms with van der Waals surface area (Å²) in [5.74, 6) is 0.763. The minimum absolute atomic E-state index is 0.418. The van der Waals surface area contributed by atoms with Gasteiger partial charge in [-0.1, -0.05) is 43.5 Å². The third-order valence-electron chi connectivity index (χ3n) is 5.61. The van der Waals surface area contributed by atoms with Crippen LogP contribution >= 0.6 is 0 Å². The highest BCUT2D eigenvalue weighted by Crippen LogP contribution is 2.19. The molecule has 0 saturated heterocycles. The number of amidine groups is 1. The molecule has 1 aromatic rings. The molecule has 0 spiro atoms. The fourth-order valence-corrected chi connectivity index (χ4v) is 3.87. The van der Waals surface area contributed by atoms with E-state index in [2.05, 4.69) is 44.8 Å². The lowest BCUT2D eigenvalue weighted by molar-refractivity contribution is 0.413. The maximum atomic E-state index is 8.82. The zero-order valence-electron chi connectivity index (χ0n) is 19.3. The summed E-state index contributed by atoms with van der Waals surface area (Å²) in [5, 5.41) is 19.1. The molecule has 0 aromatic heterocycles. The van der Waals surface area contributed by atoms with Crippen LogP contribution in [0.5, 0.6) is 0 Å². The first-order valence-corrected chi connectivity index (χ1v) is 11.7. The molecule has 1 aliphatic rings. The quantitative estimate of drug-likeness (QED) is 0.219. The highest BCUT2D eigenvalue weighted by molar-refractivity contribution is 6.28. The fraction of sp³-hybridized carbons (Fsp3) is 0.560. The molecule has 170 valence electrons. The van der Waals surface area contributed by atoms with Gasteiger partial charge in [-0.2, -0.15) is 0 Å². The lowest BCUT2D eigenvalue weighted by Gasteiger charge is -2.25. The van der Waals surface area contributed by atoms with Gasteiger partial charge in [-0.25, -0.2) is 0 Å². The summed E-state index contributed by atoms with van der Waals surface area (Å²) < 4.78 is 0. The van der Waals surface area contributed by atoms with E-state index in [0.29, 0.717) is 23.9 Å². The van der Waals surface area contributed by atoms with Crippen molar-refractivity contribution < 1.29 is 0 Å². The van der Waals surface area contributed by atoms with Gasteiger partial charge in [0.25, 0.3) is 0 Å². The summed E-state index contributed by atoms with van der Waals surface area (Å²) in [6.45, 7) is 9.22. The normalized spacial score (nSPS) is 15.7. The maximum absolute atomic E-state index is 8.82. The maximum Gasteiger partial charge on any atom is 0.132 e. The third kappa shape index (κ3) is 8.75. The standard InChI is InChI=1S/C25H40N6/c1-4-30-25(31-22-10-6-5-7-11-22)23(19-28-3)24(26)21-14-12-20(13-15-21)18-29-17-9-8-16-27-2/h12-15,19,22,26-27,29H,3-11,16-18H2,1-2H3,(H,30,31)/b23-19-,26-24?. The van der Waals surface area contributed by atoms with Crippen LogP contribution in [-0.4, -0.2) is 51.0 Å². The van der Waals surface area contributed by atoms with Gasteiger partial charge in [0.2, 0.25) is 0 Å². The van der Waals surface area contributed by atoms with E-state index in [1.165, 1.54) is 37.7 Å². The molecular weight excluding hydrogens is 384 g/mol. The van der Waals surface area contributed by atoms with Crippen molar-refractivity contribution in [1.29, 1.82) is 5.41 Å². The molecule has 0 aliphatic heterocycles. The minimum Gasteiger partial charge on any atom is -0.367 e. The Hall–Kier alpha value is -2.31. The van der Waals surface area contributed by atoms with Gasteiger partial charge in [0.15, 0.2) is 0 Å². The molecule has 6 nitrogen and oxygen atoms in total. The molecule has 4 N–H and O–H groups in total. The van der Waals surface area contributed by atoms with E-state index in [-0.39, 0.29) is 0 Å². The van der Waals surface area contributed by atoms with Gasteiger partial charge in [-0.15, -0.1) is 0 Å². The zero-order valence-corrected chi connectivity index (χ0v) is 19.3. The van der Waals surface area contributed by atoms with Crippen LogP contribution in [-0.2, 0) is 6.54 Å². The molecule has 31 heavy (non-hydrogen) atoms. The number of nitrogens with zero attached hydrogens (tertiary/aromatic N) is 2. The molecule has 0 amide bonds. The fourth-order valence-electron chi connectivity index (χ4n) is 3.87. The van der Waals surface area contributed by atoms with Crippen molar-refractivity contribution in [2.75, 3.05) is 26.7 Å². The number of nitrogens with one attached hydrogen (secondary N) is 4. The smallest absolute Gasteiger partial charge is 0.132 e. The van der Waals surface area contributed by atoms with Crippen molar-refractivity contribution in [2.45, 2.75) is 64.5 Å². The van der Waals surface area contributed by atoms with Gasteiger partial charge >= 0.3 is 0 Å². The van der Waals surface area contributed by atoms with Crippen LogP contribution in [0, 0.1) is 5.41 Å². The first kappa shape index (κ1) is 25.0. The average Bonchev–Trinajstić information content (AvgIpc) is 2.80. The number of rotatable bonds is 13. The van der Waals surface area contributed by atoms with Crippen LogP contribution in [0.25, 0.3) is 0 Å². The minimum atomic E-state index is 0.418. The second kappa shape index (κ2) is 14.7. The van der Waals surface area contributed by atoms with Crippen molar-refractivity contribution in [3.63, 3.8) is 0 Å². The van der Waals surface area contributed by atoms with Gasteiger partial charge in [0.1, 0.15) is 5.84 Å². The number of aliphatic imine (C=N–C) groups is 2. The Morgan fingerprint density at radius 2 is 1.84 bits per heavy atom. The van der Waals surface area contributed by atoms with Crippen LogP contribution in [0.4, 0.5) is 0 Å². The monoisotopic (exact) mass is 424 g/mol. The molecule has 0 unspecified atom stereocenters. The van der Waals surface area contributed by atoms with Crippen LogP contribution in [0.3, 0.4) is 0 Å². The van der Waals surface area contributed by atoms with E-state index in [0.717, 1.165) is 43.9 Å². The summed E-state index contributed by atoms with van der Waals surface area (Å²) in [6.07, 6.45) is 10.1. The van der Waals surface area contributed by atoms with Crippen molar-refractivity contribution in [1.82, 2.24) is 16.0 Å². The molecule has 1 aliphatic carbocycles. The van der Waals surface area contributed by atoms with Crippen molar-refractivity contribution >= 4 is 18.3 Å². The van der Waals surface area contributed by atoms with E-state index < -0.39 is 0 Å². The van der Waals surface area contributed by atoms with Crippen LogP contribution < -0.4 is 16.0 Å². The highest BCUT2D eigenvalue weighted by Gasteiger charge is 2.20. The van der Waals surface area contributed by atoms with Crippen molar-refractivity contribution in [2.24, 2.45) is 9.98 Å². The summed E-state index contributed by atoms with van der Waals surface area (Å²) in [4.78, 5) is 8.65. The zero-order chi connectivity index (χ0) is 22.3. The molecule has 1 saturated carbocycles. The van der Waals surface area contributed by atoms with Gasteiger partial charge in [0, 0.05) is 30.9 Å². The number of hydrogen-bond donors (Lipinski definition) is 4. The molecule has 0 heterocycles. The summed E-state index contributed by atoms with van der Waals surface area (Å²) >= 11 is 0. The van der Waals surface area contributed by atoms with E-state index in [1.807, 2.05) is 26.1 Å². The van der Waals surface area contributed by atoms with E-state index in [4.69, 9.17) is 5.41 Å². The Morgan fingerprint density at radius 3 is 2.48 bits per heavy atom. The molecule has 0 bridgehead atoms. The Balaban J connectivity index is 2.01. The lowest BCUT2D eigenvalue weighted by Crippen LogP contribution is -2.39. The molecule has 2 rings (SSSR count). The molecular formula is C25H40N6. The Kier molecular flexibility index (Phi) is 11.8. The van der Waals surface area contributed by atoms with E-state index in [1.54, 1.807) is 6.20 Å². The van der Waals surface area contributed by atoms with Gasteiger partial charge < -0.3 is 16.0 Å². The summed E-state index contributed by atoms with van der Waals surface area (Å²) in [7, 11) is 1.99. The van der Waals surface area contributed by atoms with Crippen LogP contribution in [0.1, 0.15) is 63.0 Å². The summed E-state index contributed by atoms with van der Waals surface area (Å²) in [6, 6.07) is 8.63. The van der Waals surface area contributed by atoms with Crippen molar-refractivity contribution in [3.05, 3.63) is 47.2 Å². The van der Waals surface area contributed by atoms with Crippen LogP contribution in [0.2, 0.25) is 0 Å². The number of unbranched alkanes of at least 4 members (excludes halogenated alkanes) is 1. The van der Waals surface area contributed by atoms with Gasteiger partial charge in [-0.05, 0) is 65.0 Å². The lowest BCUT2D eigenvalue weighted by atomic mass is 9.94. The second-order valence-corrected chi connectivity index (χ2v) is 8.09. The van der Waals surface area contributed by atoms with E-state index in [9.17, 15) is 0 Å². The Labute approximate surface area is 188 Å². The average molecular weight is 425 g/mol. The Morgan fingerprint density at radius 1 is 1.13 bits per heavy atom. The van der Waals surface area contributed by atoms with E-state index >= 15 is 0 Å². The van der Waals surface area contributed by atoms with Gasteiger partial charge in [0.05, 0.1) is 11.3 Å². The first-order chi connectivity index (χ1) is 15.2. The topological polar surface area (TPSA) is 84.7 Å². The highest BCUT2D eigenvalue weighted by atomic mass is 15.0. The number of benzene rings is 1. The SMILES string of the molecule is C=N/C=C(/C(=N)c1ccc(CNCCCCNC)cc1)C(=NCC)NC1CCCCC1. The summed E-state index contributed by atoms with van der Waals surface area (Å²) in [5.41, 5.74) is 3.22. The molecule has 6 heteroatoms. The number of hydrogen-bond acceptors (Lipinski definition) is 5. The largest absolute Gasteiger partial charge is 0.367 e. The molecule has 0 atom stereocenters. The van der Waals surface area contributed by atoms with Crippen LogP contribution in [0.15, 0.2) is 46.0 Å². The molecule has 1 aromatic carbocycles. The van der Waals surface area contributed by atoms with Gasteiger partial charge in [-0.3, -0.25) is 15.4 Å².